The Labute approximate surface area is 83.2 Å². The van der Waals surface area contributed by atoms with Crippen LogP contribution in [0.2, 0.25) is 0 Å². The molecular weight excluding hydrogens is 176 g/mol. The summed E-state index contributed by atoms with van der Waals surface area (Å²) in [7, 11) is 0. The van der Waals surface area contributed by atoms with Gasteiger partial charge in [0, 0.05) is 6.08 Å². The van der Waals surface area contributed by atoms with E-state index in [0.29, 0.717) is 0 Å². The summed E-state index contributed by atoms with van der Waals surface area (Å²) in [5.74, 6) is -0.270. The third kappa shape index (κ3) is 1.43. The van der Waals surface area contributed by atoms with Crippen LogP contribution in [0.3, 0.4) is 0 Å². The van der Waals surface area contributed by atoms with Crippen molar-refractivity contribution in [1.82, 2.24) is 0 Å². The minimum Gasteiger partial charge on any atom is -0.447 e. The molecule has 0 fully saturated rings. The molecule has 0 aromatic heterocycles. The fourth-order valence-corrected chi connectivity index (χ4v) is 1.54. The van der Waals surface area contributed by atoms with Gasteiger partial charge in [-0.2, -0.15) is 0 Å². The van der Waals surface area contributed by atoms with Crippen molar-refractivity contribution < 1.29 is 9.53 Å². The van der Waals surface area contributed by atoms with Gasteiger partial charge in [-0.25, -0.2) is 4.79 Å². The third-order valence-corrected chi connectivity index (χ3v) is 2.47. The molecule has 0 N–H and O–H groups in total. The van der Waals surface area contributed by atoms with Crippen LogP contribution in [0.4, 0.5) is 0 Å². The number of cyclic esters (lactones) is 1. The lowest BCUT2D eigenvalue weighted by atomic mass is 9.96. The highest BCUT2D eigenvalue weighted by molar-refractivity contribution is 5.85. The Morgan fingerprint density at radius 3 is 2.36 bits per heavy atom. The molecule has 0 saturated carbocycles. The topological polar surface area (TPSA) is 26.3 Å². The molecule has 0 amide bonds. The summed E-state index contributed by atoms with van der Waals surface area (Å²) < 4.78 is 5.22. The zero-order valence-electron chi connectivity index (χ0n) is 8.28. The van der Waals surface area contributed by atoms with Gasteiger partial charge >= 0.3 is 5.97 Å². The second-order valence-electron chi connectivity index (χ2n) is 3.73. The number of benzene rings is 1. The average molecular weight is 188 g/mol. The largest absolute Gasteiger partial charge is 0.447 e. The lowest BCUT2D eigenvalue weighted by Gasteiger charge is -2.21. The van der Waals surface area contributed by atoms with Crippen LogP contribution in [0.5, 0.6) is 0 Å². The molecule has 0 spiro atoms. The maximum atomic E-state index is 11.0. The van der Waals surface area contributed by atoms with Gasteiger partial charge in [0.2, 0.25) is 0 Å². The van der Waals surface area contributed by atoms with E-state index in [1.807, 2.05) is 38.1 Å². The van der Waals surface area contributed by atoms with E-state index in [1.165, 1.54) is 11.6 Å². The molecule has 0 bridgehead atoms. The maximum absolute atomic E-state index is 11.0. The van der Waals surface area contributed by atoms with Crippen molar-refractivity contribution >= 4 is 5.97 Å². The highest BCUT2D eigenvalue weighted by Crippen LogP contribution is 2.31. The molecule has 72 valence electrons. The molecule has 1 atom stereocenters. The number of ether oxygens (including phenoxy) is 1. The van der Waals surface area contributed by atoms with Crippen LogP contribution < -0.4 is 0 Å². The monoisotopic (exact) mass is 188 g/mol. The minimum atomic E-state index is -0.579. The number of carbonyl (C=O) groups is 1. The Balaban J connectivity index is 2.36. The predicted octanol–water partition coefficient (Wildman–Crippen LogP) is 2.32. The summed E-state index contributed by atoms with van der Waals surface area (Å²) in [4.78, 5) is 11.0. The second-order valence-corrected chi connectivity index (χ2v) is 3.73. The van der Waals surface area contributed by atoms with E-state index in [-0.39, 0.29) is 5.97 Å². The molecule has 1 heterocycles. The van der Waals surface area contributed by atoms with Crippen molar-refractivity contribution in [2.45, 2.75) is 19.4 Å². The lowest BCUT2D eigenvalue weighted by Crippen LogP contribution is -2.20. The Bertz CT molecular complexity index is 389. The molecule has 1 aliphatic heterocycles. The smallest absolute Gasteiger partial charge is 0.331 e. The second kappa shape index (κ2) is 2.98. The number of aryl methyl sites for hydroxylation is 1. The van der Waals surface area contributed by atoms with E-state index < -0.39 is 5.60 Å². The fraction of sp³-hybridized carbons (Fsp3) is 0.250. The van der Waals surface area contributed by atoms with Crippen molar-refractivity contribution in [3.05, 3.63) is 47.5 Å². The van der Waals surface area contributed by atoms with E-state index in [1.54, 1.807) is 6.08 Å². The average Bonchev–Trinajstić information content (AvgIpc) is 2.48. The number of hydrogen-bond donors (Lipinski definition) is 0. The standard InChI is InChI=1S/C12H12O2/c1-9-3-5-10(6-4-9)12(2)8-7-11(13)14-12/h3-8H,1-2H3/t12-/m0/s1. The number of esters is 1. The third-order valence-electron chi connectivity index (χ3n) is 2.47. The molecule has 0 unspecified atom stereocenters. The first-order chi connectivity index (χ1) is 6.60. The van der Waals surface area contributed by atoms with Gasteiger partial charge in [0.05, 0.1) is 0 Å². The van der Waals surface area contributed by atoms with Gasteiger partial charge in [0.25, 0.3) is 0 Å². The summed E-state index contributed by atoms with van der Waals surface area (Å²) >= 11 is 0. The van der Waals surface area contributed by atoms with Crippen LogP contribution in [-0.2, 0) is 15.1 Å². The molecular formula is C12H12O2. The van der Waals surface area contributed by atoms with Gasteiger partial charge in [0.1, 0.15) is 0 Å². The number of hydrogen-bond acceptors (Lipinski definition) is 2. The zero-order chi connectivity index (χ0) is 10.2. The van der Waals surface area contributed by atoms with Gasteiger partial charge in [-0.1, -0.05) is 29.8 Å². The molecule has 0 aliphatic carbocycles. The van der Waals surface area contributed by atoms with Crippen molar-refractivity contribution in [3.63, 3.8) is 0 Å². The number of rotatable bonds is 1. The van der Waals surface area contributed by atoms with Crippen molar-refractivity contribution in [2.24, 2.45) is 0 Å². The molecule has 2 nitrogen and oxygen atoms in total. The van der Waals surface area contributed by atoms with Crippen molar-refractivity contribution in [1.29, 1.82) is 0 Å². The van der Waals surface area contributed by atoms with Gasteiger partial charge in [-0.05, 0) is 25.5 Å². The highest BCUT2D eigenvalue weighted by atomic mass is 16.6. The van der Waals surface area contributed by atoms with E-state index in [9.17, 15) is 4.79 Å². The zero-order valence-corrected chi connectivity index (χ0v) is 8.28. The minimum absolute atomic E-state index is 0.270. The van der Waals surface area contributed by atoms with E-state index in [4.69, 9.17) is 4.74 Å². The van der Waals surface area contributed by atoms with Crippen LogP contribution in [0.1, 0.15) is 18.1 Å². The SMILES string of the molecule is Cc1ccc([C@]2(C)C=CC(=O)O2)cc1. The van der Waals surface area contributed by atoms with Crippen LogP contribution in [0, 0.1) is 6.92 Å². The molecule has 1 aromatic carbocycles. The fourth-order valence-electron chi connectivity index (χ4n) is 1.54. The van der Waals surface area contributed by atoms with Crippen molar-refractivity contribution in [2.75, 3.05) is 0 Å². The summed E-state index contributed by atoms with van der Waals surface area (Å²) in [5.41, 5.74) is 1.63. The van der Waals surface area contributed by atoms with Gasteiger partial charge in [-0.15, -0.1) is 0 Å². The summed E-state index contributed by atoms with van der Waals surface area (Å²) in [6, 6.07) is 8.00. The quantitative estimate of drug-likeness (QED) is 0.632. The summed E-state index contributed by atoms with van der Waals surface area (Å²) in [6.07, 6.45) is 3.26. The van der Waals surface area contributed by atoms with Gasteiger partial charge in [-0.3, -0.25) is 0 Å². The summed E-state index contributed by atoms with van der Waals surface area (Å²) in [6.45, 7) is 3.92. The van der Waals surface area contributed by atoms with Gasteiger partial charge < -0.3 is 4.74 Å². The van der Waals surface area contributed by atoms with Crippen LogP contribution in [0.25, 0.3) is 0 Å². The number of carbonyl (C=O) groups excluding carboxylic acids is 1. The lowest BCUT2D eigenvalue weighted by molar-refractivity contribution is -0.145. The Morgan fingerprint density at radius 2 is 1.86 bits per heavy atom. The highest BCUT2D eigenvalue weighted by Gasteiger charge is 2.31. The Kier molecular flexibility index (Phi) is 1.92. The van der Waals surface area contributed by atoms with Crippen LogP contribution in [0.15, 0.2) is 36.4 Å². The molecule has 0 saturated heterocycles. The first kappa shape index (κ1) is 9.00. The molecule has 1 aliphatic rings. The molecule has 2 rings (SSSR count). The molecule has 1 aromatic rings. The molecule has 14 heavy (non-hydrogen) atoms. The molecule has 2 heteroatoms. The van der Waals surface area contributed by atoms with E-state index in [0.717, 1.165) is 5.56 Å². The van der Waals surface area contributed by atoms with Crippen LogP contribution in [-0.4, -0.2) is 5.97 Å². The van der Waals surface area contributed by atoms with E-state index >= 15 is 0 Å². The summed E-state index contributed by atoms with van der Waals surface area (Å²) in [5, 5.41) is 0. The van der Waals surface area contributed by atoms with Crippen molar-refractivity contribution in [3.8, 4) is 0 Å². The molecule has 0 radical (unpaired) electrons. The predicted molar refractivity (Wildman–Crippen MR) is 53.8 cm³/mol. The first-order valence-electron chi connectivity index (χ1n) is 4.59. The normalized spacial score (nSPS) is 25.1. The van der Waals surface area contributed by atoms with Crippen LogP contribution >= 0.6 is 0 Å². The Hall–Kier alpha value is -1.57. The first-order valence-corrected chi connectivity index (χ1v) is 4.59. The van der Waals surface area contributed by atoms with Gasteiger partial charge in [0.15, 0.2) is 5.60 Å². The maximum Gasteiger partial charge on any atom is 0.331 e. The Morgan fingerprint density at radius 1 is 1.21 bits per heavy atom. The van der Waals surface area contributed by atoms with E-state index in [2.05, 4.69) is 0 Å².